The number of likely N-dealkylation sites (N-methyl/N-ethyl adjacent to an activating group) is 1. The van der Waals surface area contributed by atoms with Gasteiger partial charge in [0.1, 0.15) is 0 Å². The molecule has 1 aromatic carbocycles. The van der Waals surface area contributed by atoms with E-state index in [1.807, 2.05) is 59.0 Å². The molecule has 1 saturated heterocycles. The molecule has 6 heteroatoms. The minimum Gasteiger partial charge on any atom is -0.469 e. The first-order valence-electron chi connectivity index (χ1n) is 8.55. The summed E-state index contributed by atoms with van der Waals surface area (Å²) in [5.41, 5.74) is 2.17. The number of carbonyl (C=O) groups is 1. The van der Waals surface area contributed by atoms with Crippen LogP contribution in [0.1, 0.15) is 38.8 Å². The number of benzene rings is 1. The van der Waals surface area contributed by atoms with Crippen molar-refractivity contribution < 1.29 is 18.8 Å². The van der Waals surface area contributed by atoms with Crippen molar-refractivity contribution in [3.05, 3.63) is 40.9 Å². The normalized spacial score (nSPS) is 19.1. The Kier molecular flexibility index (Phi) is 6.09. The zero-order valence-electron chi connectivity index (χ0n) is 16.0. The summed E-state index contributed by atoms with van der Waals surface area (Å²) in [7, 11) is 2.89. The van der Waals surface area contributed by atoms with Gasteiger partial charge in [0, 0.05) is 6.54 Å². The van der Waals surface area contributed by atoms with Gasteiger partial charge < -0.3 is 19.4 Å². The maximum atomic E-state index is 11.5. The molecule has 1 heterocycles. The van der Waals surface area contributed by atoms with Crippen LogP contribution in [0, 0.1) is 0 Å². The molecule has 0 radical (unpaired) electrons. The summed E-state index contributed by atoms with van der Waals surface area (Å²) in [6.45, 7) is 8.82. The predicted octanol–water partition coefficient (Wildman–Crippen LogP) is 2.64. The molecule has 136 valence electrons. The lowest BCUT2D eigenvalue weighted by Crippen LogP contribution is -2.41. The summed E-state index contributed by atoms with van der Waals surface area (Å²) in [6.07, 6.45) is 2.31. The van der Waals surface area contributed by atoms with Gasteiger partial charge in [0.15, 0.2) is 0 Å². The van der Waals surface area contributed by atoms with E-state index in [4.69, 9.17) is 14.0 Å². The maximum absolute atomic E-state index is 11.5. The Hall–Kier alpha value is -1.63. The number of rotatable bonds is 6. The molecule has 0 unspecified atom stereocenters. The van der Waals surface area contributed by atoms with Gasteiger partial charge in [0.05, 0.1) is 24.7 Å². The van der Waals surface area contributed by atoms with Crippen LogP contribution in [0.3, 0.4) is 0 Å². The van der Waals surface area contributed by atoms with Gasteiger partial charge in [-0.05, 0) is 51.3 Å². The molecular formula is C19H28BNO4. The minimum atomic E-state index is -0.401. The third-order valence-electron chi connectivity index (χ3n) is 4.82. The number of esters is 1. The predicted molar refractivity (Wildman–Crippen MR) is 100 cm³/mol. The van der Waals surface area contributed by atoms with Gasteiger partial charge in [-0.15, -0.1) is 0 Å². The summed E-state index contributed by atoms with van der Waals surface area (Å²) in [5.74, 6) is -0.248. The fourth-order valence-corrected chi connectivity index (χ4v) is 2.65. The fourth-order valence-electron chi connectivity index (χ4n) is 2.65. The van der Waals surface area contributed by atoms with Crippen LogP contribution in [0.5, 0.6) is 0 Å². The highest BCUT2D eigenvalue weighted by Gasteiger charge is 2.52. The van der Waals surface area contributed by atoms with Crippen molar-refractivity contribution in [2.45, 2.75) is 45.3 Å². The standard InChI is InChI=1S/C19H28BNO4/c1-18(2)19(3,4)25-20(24-18)16(13-21-5)11-14-8-7-9-15(10-14)12-17(22)23-6/h7-11,21H,12-13H2,1-6H3. The van der Waals surface area contributed by atoms with Crippen molar-refractivity contribution in [3.63, 3.8) is 0 Å². The molecule has 0 saturated carbocycles. The largest absolute Gasteiger partial charge is 0.491 e. The highest BCUT2D eigenvalue weighted by molar-refractivity contribution is 6.55. The Morgan fingerprint density at radius 1 is 1.24 bits per heavy atom. The highest BCUT2D eigenvalue weighted by Crippen LogP contribution is 2.38. The average molecular weight is 345 g/mol. The van der Waals surface area contributed by atoms with Gasteiger partial charge in [0.2, 0.25) is 0 Å². The van der Waals surface area contributed by atoms with E-state index in [9.17, 15) is 4.79 Å². The van der Waals surface area contributed by atoms with Gasteiger partial charge in [-0.1, -0.05) is 30.3 Å². The smallest absolute Gasteiger partial charge is 0.469 e. The molecule has 2 rings (SSSR count). The number of nitrogens with one attached hydrogen (secondary N) is 1. The van der Waals surface area contributed by atoms with Crippen molar-refractivity contribution in [1.82, 2.24) is 5.32 Å². The first kappa shape index (κ1) is 19.7. The third kappa shape index (κ3) is 4.72. The van der Waals surface area contributed by atoms with Crippen molar-refractivity contribution in [3.8, 4) is 0 Å². The van der Waals surface area contributed by atoms with Crippen LogP contribution in [-0.4, -0.2) is 45.0 Å². The van der Waals surface area contributed by atoms with Crippen molar-refractivity contribution in [2.75, 3.05) is 20.7 Å². The Labute approximate surface area is 150 Å². The number of hydrogen-bond donors (Lipinski definition) is 1. The second-order valence-corrected chi connectivity index (χ2v) is 7.34. The number of methoxy groups -OCH3 is 1. The van der Waals surface area contributed by atoms with E-state index in [0.29, 0.717) is 6.54 Å². The van der Waals surface area contributed by atoms with E-state index in [-0.39, 0.29) is 23.6 Å². The molecule has 1 aliphatic rings. The molecule has 25 heavy (non-hydrogen) atoms. The number of carbonyl (C=O) groups excluding carboxylic acids is 1. The Bertz CT molecular complexity index is 639. The van der Waals surface area contributed by atoms with Crippen LogP contribution in [0.15, 0.2) is 29.7 Å². The molecule has 0 aliphatic carbocycles. The van der Waals surface area contributed by atoms with Crippen LogP contribution in [0.4, 0.5) is 0 Å². The topological polar surface area (TPSA) is 56.8 Å². The monoisotopic (exact) mass is 345 g/mol. The Morgan fingerprint density at radius 2 is 1.88 bits per heavy atom. The molecule has 0 aromatic heterocycles. The average Bonchev–Trinajstić information content (AvgIpc) is 2.75. The second-order valence-electron chi connectivity index (χ2n) is 7.34. The number of hydrogen-bond acceptors (Lipinski definition) is 5. The lowest BCUT2D eigenvalue weighted by atomic mass is 9.77. The molecule has 0 bridgehead atoms. The van der Waals surface area contributed by atoms with Gasteiger partial charge in [-0.3, -0.25) is 4.79 Å². The number of ether oxygens (including phenoxy) is 1. The van der Waals surface area contributed by atoms with Crippen molar-refractivity contribution in [1.29, 1.82) is 0 Å². The van der Waals surface area contributed by atoms with Gasteiger partial charge in [-0.25, -0.2) is 0 Å². The Morgan fingerprint density at radius 3 is 2.44 bits per heavy atom. The zero-order chi connectivity index (χ0) is 18.7. The molecular weight excluding hydrogens is 317 g/mol. The fraction of sp³-hybridized carbons (Fsp3) is 0.526. The maximum Gasteiger partial charge on any atom is 0.491 e. The summed E-state index contributed by atoms with van der Waals surface area (Å²) in [4.78, 5) is 11.5. The van der Waals surface area contributed by atoms with Crippen molar-refractivity contribution >= 4 is 19.2 Å². The first-order chi connectivity index (χ1) is 11.7. The molecule has 0 amide bonds. The molecule has 1 aromatic rings. The molecule has 5 nitrogen and oxygen atoms in total. The van der Waals surface area contributed by atoms with Crippen LogP contribution in [0.25, 0.3) is 6.08 Å². The van der Waals surface area contributed by atoms with Crippen molar-refractivity contribution in [2.24, 2.45) is 0 Å². The molecule has 0 atom stereocenters. The summed E-state index contributed by atoms with van der Waals surface area (Å²) >= 11 is 0. The molecule has 1 fully saturated rings. The molecule has 0 spiro atoms. The third-order valence-corrected chi connectivity index (χ3v) is 4.82. The van der Waals surface area contributed by atoms with Gasteiger partial charge in [0.25, 0.3) is 0 Å². The highest BCUT2D eigenvalue weighted by atomic mass is 16.7. The summed E-state index contributed by atoms with van der Waals surface area (Å²) in [5, 5.41) is 3.17. The van der Waals surface area contributed by atoms with Crippen LogP contribution in [-0.2, 0) is 25.3 Å². The van der Waals surface area contributed by atoms with E-state index in [1.54, 1.807) is 0 Å². The van der Waals surface area contributed by atoms with Crippen LogP contribution >= 0.6 is 0 Å². The van der Waals surface area contributed by atoms with Gasteiger partial charge >= 0.3 is 13.1 Å². The van der Waals surface area contributed by atoms with E-state index < -0.39 is 7.12 Å². The minimum absolute atomic E-state index is 0.248. The quantitative estimate of drug-likeness (QED) is 0.635. The van der Waals surface area contributed by atoms with Crippen LogP contribution in [0.2, 0.25) is 0 Å². The Balaban J connectivity index is 2.26. The van der Waals surface area contributed by atoms with Crippen LogP contribution < -0.4 is 5.32 Å². The summed E-state index contributed by atoms with van der Waals surface area (Å²) < 4.78 is 17.1. The SMILES string of the molecule is CNCC(=Cc1cccc(CC(=O)OC)c1)B1OC(C)(C)C(C)(C)O1. The molecule has 1 aliphatic heterocycles. The second kappa shape index (κ2) is 7.73. The molecule has 1 N–H and O–H groups in total. The van der Waals surface area contributed by atoms with E-state index in [0.717, 1.165) is 16.6 Å². The van der Waals surface area contributed by atoms with E-state index >= 15 is 0 Å². The first-order valence-corrected chi connectivity index (χ1v) is 8.55. The lowest BCUT2D eigenvalue weighted by molar-refractivity contribution is -0.139. The zero-order valence-corrected chi connectivity index (χ0v) is 16.0. The van der Waals surface area contributed by atoms with E-state index in [1.165, 1.54) is 7.11 Å². The summed E-state index contributed by atoms with van der Waals surface area (Å²) in [6, 6.07) is 7.84. The lowest BCUT2D eigenvalue weighted by Gasteiger charge is -2.32. The van der Waals surface area contributed by atoms with Gasteiger partial charge in [-0.2, -0.15) is 0 Å². The van der Waals surface area contributed by atoms with E-state index in [2.05, 4.69) is 11.4 Å².